The first-order valence-corrected chi connectivity index (χ1v) is 6.56. The van der Waals surface area contributed by atoms with E-state index in [4.69, 9.17) is 4.74 Å². The Kier molecular flexibility index (Phi) is 6.26. The summed E-state index contributed by atoms with van der Waals surface area (Å²) in [6, 6.07) is 0. The standard InChI is InChI=1S/C13H27NO/c1-4-6-13(10-14-3)15-12-8-5-7-11(2)9-12/h11-14H,4-10H2,1-3H3. The van der Waals surface area contributed by atoms with Gasteiger partial charge in [0.2, 0.25) is 0 Å². The Bertz CT molecular complexity index is 152. The predicted molar refractivity (Wildman–Crippen MR) is 65.1 cm³/mol. The van der Waals surface area contributed by atoms with Gasteiger partial charge in [0.1, 0.15) is 0 Å². The lowest BCUT2D eigenvalue weighted by atomic mass is 9.88. The molecule has 3 unspecified atom stereocenters. The lowest BCUT2D eigenvalue weighted by Gasteiger charge is -2.30. The molecule has 15 heavy (non-hydrogen) atoms. The summed E-state index contributed by atoms with van der Waals surface area (Å²) in [4.78, 5) is 0. The molecule has 3 atom stereocenters. The highest BCUT2D eigenvalue weighted by Crippen LogP contribution is 2.26. The number of rotatable bonds is 6. The van der Waals surface area contributed by atoms with E-state index in [1.165, 1.54) is 38.5 Å². The molecular weight excluding hydrogens is 186 g/mol. The van der Waals surface area contributed by atoms with Gasteiger partial charge in [0.15, 0.2) is 0 Å². The number of hydrogen-bond acceptors (Lipinski definition) is 2. The minimum absolute atomic E-state index is 0.426. The summed E-state index contributed by atoms with van der Waals surface area (Å²) < 4.78 is 6.18. The highest BCUT2D eigenvalue weighted by atomic mass is 16.5. The van der Waals surface area contributed by atoms with Crippen LogP contribution in [0.15, 0.2) is 0 Å². The Morgan fingerprint density at radius 3 is 2.80 bits per heavy atom. The molecule has 0 amide bonds. The lowest BCUT2D eigenvalue weighted by molar-refractivity contribution is -0.0405. The summed E-state index contributed by atoms with van der Waals surface area (Å²) in [5.74, 6) is 0.862. The lowest BCUT2D eigenvalue weighted by Crippen LogP contribution is -2.33. The molecule has 2 nitrogen and oxygen atoms in total. The molecule has 0 bridgehead atoms. The Labute approximate surface area is 94.8 Å². The Hall–Kier alpha value is -0.0800. The fourth-order valence-corrected chi connectivity index (χ4v) is 2.54. The quantitative estimate of drug-likeness (QED) is 0.732. The van der Waals surface area contributed by atoms with E-state index in [2.05, 4.69) is 19.2 Å². The first-order valence-electron chi connectivity index (χ1n) is 6.56. The molecule has 1 aliphatic carbocycles. The van der Waals surface area contributed by atoms with Crippen LogP contribution < -0.4 is 5.32 Å². The average molecular weight is 213 g/mol. The topological polar surface area (TPSA) is 21.3 Å². The van der Waals surface area contributed by atoms with E-state index in [-0.39, 0.29) is 0 Å². The summed E-state index contributed by atoms with van der Waals surface area (Å²) in [6.07, 6.45) is 8.64. The number of nitrogens with one attached hydrogen (secondary N) is 1. The van der Waals surface area contributed by atoms with E-state index >= 15 is 0 Å². The van der Waals surface area contributed by atoms with E-state index in [0.717, 1.165) is 12.5 Å². The van der Waals surface area contributed by atoms with Gasteiger partial charge in [0, 0.05) is 6.54 Å². The van der Waals surface area contributed by atoms with Crippen LogP contribution in [0.5, 0.6) is 0 Å². The van der Waals surface area contributed by atoms with Gasteiger partial charge in [-0.05, 0) is 32.2 Å². The monoisotopic (exact) mass is 213 g/mol. The van der Waals surface area contributed by atoms with Gasteiger partial charge >= 0.3 is 0 Å². The molecule has 1 rings (SSSR count). The van der Waals surface area contributed by atoms with Gasteiger partial charge in [-0.2, -0.15) is 0 Å². The number of hydrogen-bond donors (Lipinski definition) is 1. The third-order valence-corrected chi connectivity index (χ3v) is 3.32. The largest absolute Gasteiger partial charge is 0.374 e. The van der Waals surface area contributed by atoms with Crippen molar-refractivity contribution in [3.8, 4) is 0 Å². The molecule has 0 radical (unpaired) electrons. The number of likely N-dealkylation sites (N-methyl/N-ethyl adjacent to an activating group) is 1. The second kappa shape index (κ2) is 7.24. The second-order valence-electron chi connectivity index (χ2n) is 5.00. The van der Waals surface area contributed by atoms with Crippen molar-refractivity contribution in [1.82, 2.24) is 5.32 Å². The molecule has 0 aromatic rings. The Morgan fingerprint density at radius 2 is 2.20 bits per heavy atom. The smallest absolute Gasteiger partial charge is 0.0703 e. The van der Waals surface area contributed by atoms with Crippen molar-refractivity contribution in [2.24, 2.45) is 5.92 Å². The van der Waals surface area contributed by atoms with Crippen LogP contribution in [-0.4, -0.2) is 25.8 Å². The molecule has 0 saturated heterocycles. The minimum Gasteiger partial charge on any atom is -0.374 e. The molecule has 0 aromatic carbocycles. The summed E-state index contributed by atoms with van der Waals surface area (Å²) in [6.45, 7) is 5.58. The van der Waals surface area contributed by atoms with Gasteiger partial charge in [0.05, 0.1) is 12.2 Å². The summed E-state index contributed by atoms with van der Waals surface area (Å²) >= 11 is 0. The molecule has 2 heteroatoms. The Balaban J connectivity index is 2.28. The normalized spacial score (nSPS) is 29.0. The molecule has 1 aliphatic rings. The summed E-state index contributed by atoms with van der Waals surface area (Å²) in [5.41, 5.74) is 0. The predicted octanol–water partition coefficient (Wildman–Crippen LogP) is 2.97. The van der Waals surface area contributed by atoms with Crippen LogP contribution in [0.1, 0.15) is 52.4 Å². The fourth-order valence-electron chi connectivity index (χ4n) is 2.54. The maximum absolute atomic E-state index is 6.18. The molecule has 0 heterocycles. The van der Waals surface area contributed by atoms with Gasteiger partial charge in [-0.25, -0.2) is 0 Å². The first kappa shape index (κ1) is 13.0. The van der Waals surface area contributed by atoms with E-state index < -0.39 is 0 Å². The first-order chi connectivity index (χ1) is 7.26. The molecule has 1 N–H and O–H groups in total. The maximum Gasteiger partial charge on any atom is 0.0703 e. The van der Waals surface area contributed by atoms with E-state index in [0.29, 0.717) is 12.2 Å². The SMILES string of the molecule is CCCC(CNC)OC1CCCC(C)C1. The molecule has 0 aliphatic heterocycles. The molecule has 1 fully saturated rings. The third-order valence-electron chi connectivity index (χ3n) is 3.32. The van der Waals surface area contributed by atoms with Gasteiger partial charge in [0.25, 0.3) is 0 Å². The van der Waals surface area contributed by atoms with Crippen molar-refractivity contribution in [2.75, 3.05) is 13.6 Å². The van der Waals surface area contributed by atoms with E-state index in [1.807, 2.05) is 7.05 Å². The Morgan fingerprint density at radius 1 is 1.40 bits per heavy atom. The summed E-state index contributed by atoms with van der Waals surface area (Å²) in [7, 11) is 2.01. The highest BCUT2D eigenvalue weighted by Gasteiger charge is 2.22. The van der Waals surface area contributed by atoms with Crippen molar-refractivity contribution < 1.29 is 4.74 Å². The molecule has 0 aromatic heterocycles. The van der Waals surface area contributed by atoms with Gasteiger partial charge in [-0.3, -0.25) is 0 Å². The maximum atomic E-state index is 6.18. The fraction of sp³-hybridized carbons (Fsp3) is 1.00. The van der Waals surface area contributed by atoms with Crippen LogP contribution in [0.3, 0.4) is 0 Å². The van der Waals surface area contributed by atoms with Crippen LogP contribution in [0.2, 0.25) is 0 Å². The van der Waals surface area contributed by atoms with E-state index in [9.17, 15) is 0 Å². The van der Waals surface area contributed by atoms with Crippen molar-refractivity contribution in [1.29, 1.82) is 0 Å². The zero-order valence-electron chi connectivity index (χ0n) is 10.6. The van der Waals surface area contributed by atoms with Crippen molar-refractivity contribution in [3.63, 3.8) is 0 Å². The second-order valence-corrected chi connectivity index (χ2v) is 5.00. The molecular formula is C13H27NO. The molecule has 90 valence electrons. The zero-order valence-corrected chi connectivity index (χ0v) is 10.6. The van der Waals surface area contributed by atoms with Crippen molar-refractivity contribution in [2.45, 2.75) is 64.6 Å². The summed E-state index contributed by atoms with van der Waals surface area (Å²) in [5, 5.41) is 3.23. The van der Waals surface area contributed by atoms with Gasteiger partial charge < -0.3 is 10.1 Å². The molecule has 0 spiro atoms. The molecule has 1 saturated carbocycles. The highest BCUT2D eigenvalue weighted by molar-refractivity contribution is 4.73. The van der Waals surface area contributed by atoms with Crippen molar-refractivity contribution in [3.05, 3.63) is 0 Å². The van der Waals surface area contributed by atoms with Crippen LogP contribution >= 0.6 is 0 Å². The van der Waals surface area contributed by atoms with Crippen LogP contribution in [0, 0.1) is 5.92 Å². The van der Waals surface area contributed by atoms with Crippen molar-refractivity contribution >= 4 is 0 Å². The van der Waals surface area contributed by atoms with Gasteiger partial charge in [-0.1, -0.05) is 33.1 Å². The zero-order chi connectivity index (χ0) is 11.1. The number of ether oxygens (including phenoxy) is 1. The van der Waals surface area contributed by atoms with Crippen LogP contribution in [0.4, 0.5) is 0 Å². The van der Waals surface area contributed by atoms with E-state index in [1.54, 1.807) is 0 Å². The third kappa shape index (κ3) is 4.98. The van der Waals surface area contributed by atoms with Crippen LogP contribution in [0.25, 0.3) is 0 Å². The average Bonchev–Trinajstić information content (AvgIpc) is 2.18. The van der Waals surface area contributed by atoms with Gasteiger partial charge in [-0.15, -0.1) is 0 Å². The van der Waals surface area contributed by atoms with Crippen LogP contribution in [-0.2, 0) is 4.74 Å². The minimum atomic E-state index is 0.426.